The van der Waals surface area contributed by atoms with E-state index in [9.17, 15) is 9.59 Å². The zero-order chi connectivity index (χ0) is 16.1. The fourth-order valence-corrected chi connectivity index (χ4v) is 2.85. The third-order valence-electron chi connectivity index (χ3n) is 4.12. The van der Waals surface area contributed by atoms with E-state index in [0.717, 1.165) is 18.4 Å². The van der Waals surface area contributed by atoms with E-state index in [1.165, 1.54) is 12.8 Å². The maximum absolute atomic E-state index is 12.1. The van der Waals surface area contributed by atoms with Crippen molar-refractivity contribution in [2.24, 2.45) is 0 Å². The van der Waals surface area contributed by atoms with Crippen LogP contribution >= 0.6 is 0 Å². The van der Waals surface area contributed by atoms with Crippen molar-refractivity contribution in [1.82, 2.24) is 20.5 Å². The molecule has 1 aromatic carbocycles. The monoisotopic (exact) mass is 312 g/mol. The normalized spacial score (nSPS) is 14.8. The van der Waals surface area contributed by atoms with E-state index in [4.69, 9.17) is 0 Å². The Bertz CT molecular complexity index is 721. The predicted octanol–water partition coefficient (Wildman–Crippen LogP) is 1.82. The number of aromatic amines is 1. The minimum absolute atomic E-state index is 0.0229. The van der Waals surface area contributed by atoms with Crippen LogP contribution in [0.2, 0.25) is 0 Å². The summed E-state index contributed by atoms with van der Waals surface area (Å²) in [6.45, 7) is 0. The maximum atomic E-state index is 12.1. The molecule has 6 nitrogen and oxygen atoms in total. The van der Waals surface area contributed by atoms with E-state index < -0.39 is 0 Å². The van der Waals surface area contributed by atoms with Gasteiger partial charge in [0.1, 0.15) is 5.69 Å². The van der Waals surface area contributed by atoms with E-state index in [-0.39, 0.29) is 17.9 Å². The van der Waals surface area contributed by atoms with Gasteiger partial charge in [-0.15, -0.1) is 10.2 Å². The van der Waals surface area contributed by atoms with Crippen LogP contribution in [-0.2, 0) is 11.2 Å². The molecule has 1 fully saturated rings. The summed E-state index contributed by atoms with van der Waals surface area (Å²) >= 11 is 0. The molecule has 1 saturated carbocycles. The molecule has 6 heteroatoms. The SMILES string of the molecule is O=C(CCc1nnc(-c2ccccc2)[nH]c1=O)NC1CCCC1. The number of carbonyl (C=O) groups excluding carboxylic acids is 1. The van der Waals surface area contributed by atoms with Gasteiger partial charge in [-0.25, -0.2) is 0 Å². The molecule has 0 bridgehead atoms. The first kappa shape index (κ1) is 15.4. The van der Waals surface area contributed by atoms with Gasteiger partial charge in [-0.3, -0.25) is 9.59 Å². The van der Waals surface area contributed by atoms with Crippen LogP contribution in [-0.4, -0.2) is 27.1 Å². The van der Waals surface area contributed by atoms with Gasteiger partial charge in [0.15, 0.2) is 5.82 Å². The van der Waals surface area contributed by atoms with Crippen LogP contribution in [0.1, 0.15) is 37.8 Å². The van der Waals surface area contributed by atoms with Crippen LogP contribution in [0.15, 0.2) is 35.1 Å². The lowest BCUT2D eigenvalue weighted by molar-refractivity contribution is -0.121. The first-order chi connectivity index (χ1) is 11.2. The Morgan fingerprint density at radius 1 is 1.17 bits per heavy atom. The molecule has 1 aromatic heterocycles. The average Bonchev–Trinajstić information content (AvgIpc) is 3.07. The van der Waals surface area contributed by atoms with Crippen molar-refractivity contribution < 1.29 is 4.79 Å². The quantitative estimate of drug-likeness (QED) is 0.881. The van der Waals surface area contributed by atoms with Crippen LogP contribution in [0.4, 0.5) is 0 Å². The Balaban J connectivity index is 1.60. The summed E-state index contributed by atoms with van der Waals surface area (Å²) in [5, 5.41) is 11.0. The van der Waals surface area contributed by atoms with Gasteiger partial charge >= 0.3 is 0 Å². The van der Waals surface area contributed by atoms with Gasteiger partial charge in [0, 0.05) is 24.4 Å². The molecule has 1 aliphatic carbocycles. The van der Waals surface area contributed by atoms with E-state index in [2.05, 4.69) is 20.5 Å². The number of amides is 1. The number of carbonyl (C=O) groups is 1. The molecule has 0 unspecified atom stereocenters. The molecule has 0 spiro atoms. The zero-order valence-electron chi connectivity index (χ0n) is 12.9. The Morgan fingerprint density at radius 2 is 1.91 bits per heavy atom. The number of nitrogens with one attached hydrogen (secondary N) is 2. The van der Waals surface area contributed by atoms with Gasteiger partial charge in [-0.05, 0) is 12.8 Å². The zero-order valence-corrected chi connectivity index (χ0v) is 12.9. The highest BCUT2D eigenvalue weighted by molar-refractivity contribution is 5.76. The smallest absolute Gasteiger partial charge is 0.273 e. The highest BCUT2D eigenvalue weighted by Gasteiger charge is 2.17. The van der Waals surface area contributed by atoms with Crippen LogP contribution in [0.5, 0.6) is 0 Å². The van der Waals surface area contributed by atoms with Crippen LogP contribution in [0, 0.1) is 0 Å². The lowest BCUT2D eigenvalue weighted by Gasteiger charge is -2.11. The highest BCUT2D eigenvalue weighted by atomic mass is 16.1. The van der Waals surface area contributed by atoms with Crippen molar-refractivity contribution in [3.8, 4) is 11.4 Å². The number of hydrogen-bond acceptors (Lipinski definition) is 4. The molecule has 120 valence electrons. The standard InChI is InChI=1S/C17H20N4O2/c22-15(18-13-8-4-5-9-13)11-10-14-17(23)19-16(21-20-14)12-6-2-1-3-7-12/h1-3,6-7,13H,4-5,8-11H2,(H,18,22)(H,19,21,23). The predicted molar refractivity (Wildman–Crippen MR) is 86.8 cm³/mol. The summed E-state index contributed by atoms with van der Waals surface area (Å²) in [6, 6.07) is 9.65. The topological polar surface area (TPSA) is 87.7 Å². The third-order valence-corrected chi connectivity index (χ3v) is 4.12. The minimum atomic E-state index is -0.285. The van der Waals surface area contributed by atoms with E-state index >= 15 is 0 Å². The second-order valence-electron chi connectivity index (χ2n) is 5.86. The molecule has 1 aliphatic rings. The average molecular weight is 312 g/mol. The van der Waals surface area contributed by atoms with Crippen LogP contribution < -0.4 is 10.9 Å². The number of nitrogens with zero attached hydrogens (tertiary/aromatic N) is 2. The molecule has 0 saturated heterocycles. The molecule has 3 rings (SSSR count). The lowest BCUT2D eigenvalue weighted by atomic mass is 10.2. The summed E-state index contributed by atoms with van der Waals surface area (Å²) in [7, 11) is 0. The van der Waals surface area contributed by atoms with Gasteiger partial charge in [0.2, 0.25) is 5.91 Å². The van der Waals surface area contributed by atoms with Gasteiger partial charge < -0.3 is 10.3 Å². The summed E-state index contributed by atoms with van der Waals surface area (Å²) in [4.78, 5) is 26.7. The Hall–Kier alpha value is -2.50. The largest absolute Gasteiger partial charge is 0.353 e. The Labute approximate surface area is 134 Å². The fourth-order valence-electron chi connectivity index (χ4n) is 2.85. The molecular formula is C17H20N4O2. The second-order valence-corrected chi connectivity index (χ2v) is 5.86. The molecule has 0 aliphatic heterocycles. The fraction of sp³-hybridized carbons (Fsp3) is 0.412. The number of aromatic nitrogens is 3. The molecule has 23 heavy (non-hydrogen) atoms. The Morgan fingerprint density at radius 3 is 2.61 bits per heavy atom. The van der Waals surface area contributed by atoms with Crippen molar-refractivity contribution in [3.63, 3.8) is 0 Å². The Kier molecular flexibility index (Phi) is 4.80. The second kappa shape index (κ2) is 7.17. The number of rotatable bonds is 5. The van der Waals surface area contributed by atoms with Gasteiger partial charge in [0.05, 0.1) is 0 Å². The number of benzene rings is 1. The number of aryl methyl sites for hydroxylation is 1. The van der Waals surface area contributed by atoms with E-state index in [1.807, 2.05) is 30.3 Å². The number of hydrogen-bond donors (Lipinski definition) is 2. The van der Waals surface area contributed by atoms with Gasteiger partial charge in [0.25, 0.3) is 5.56 Å². The maximum Gasteiger partial charge on any atom is 0.273 e. The first-order valence-corrected chi connectivity index (χ1v) is 8.03. The molecule has 2 N–H and O–H groups in total. The molecule has 1 heterocycles. The molecule has 0 radical (unpaired) electrons. The summed E-state index contributed by atoms with van der Waals surface area (Å²) in [5.41, 5.74) is 0.821. The number of H-pyrrole nitrogens is 1. The van der Waals surface area contributed by atoms with Crippen molar-refractivity contribution in [2.45, 2.75) is 44.6 Å². The summed E-state index contributed by atoms with van der Waals surface area (Å²) < 4.78 is 0. The van der Waals surface area contributed by atoms with Crippen LogP contribution in [0.3, 0.4) is 0 Å². The third kappa shape index (κ3) is 4.03. The van der Waals surface area contributed by atoms with Crippen LogP contribution in [0.25, 0.3) is 11.4 Å². The van der Waals surface area contributed by atoms with Crippen molar-refractivity contribution in [2.75, 3.05) is 0 Å². The van der Waals surface area contributed by atoms with Crippen molar-refractivity contribution in [1.29, 1.82) is 0 Å². The summed E-state index contributed by atoms with van der Waals surface area (Å²) in [6.07, 6.45) is 5.03. The molecule has 0 atom stereocenters. The van der Waals surface area contributed by atoms with Gasteiger partial charge in [-0.1, -0.05) is 43.2 Å². The van der Waals surface area contributed by atoms with Crippen molar-refractivity contribution >= 4 is 5.91 Å². The van der Waals surface area contributed by atoms with E-state index in [1.54, 1.807) is 0 Å². The lowest BCUT2D eigenvalue weighted by Crippen LogP contribution is -2.33. The van der Waals surface area contributed by atoms with Gasteiger partial charge in [-0.2, -0.15) is 0 Å². The highest BCUT2D eigenvalue weighted by Crippen LogP contribution is 2.17. The first-order valence-electron chi connectivity index (χ1n) is 8.03. The summed E-state index contributed by atoms with van der Waals surface area (Å²) in [5.74, 6) is 0.417. The minimum Gasteiger partial charge on any atom is -0.353 e. The molecular weight excluding hydrogens is 292 g/mol. The van der Waals surface area contributed by atoms with E-state index in [0.29, 0.717) is 24.0 Å². The van der Waals surface area contributed by atoms with Crippen molar-refractivity contribution in [3.05, 3.63) is 46.4 Å². The molecule has 2 aromatic rings. The molecule has 1 amide bonds.